The van der Waals surface area contributed by atoms with Gasteiger partial charge >= 0.3 is 0 Å². The molecule has 0 radical (unpaired) electrons. The van der Waals surface area contributed by atoms with Gasteiger partial charge in [-0.2, -0.15) is 0 Å². The molecule has 0 aromatic heterocycles. The Morgan fingerprint density at radius 2 is 1.68 bits per heavy atom. The zero-order chi connectivity index (χ0) is 15.0. The van der Waals surface area contributed by atoms with Crippen molar-refractivity contribution in [1.82, 2.24) is 0 Å². The lowest BCUT2D eigenvalue weighted by molar-refractivity contribution is 0.138. The van der Waals surface area contributed by atoms with Crippen LogP contribution in [-0.2, 0) is 5.41 Å². The van der Waals surface area contributed by atoms with E-state index in [1.165, 1.54) is 36.8 Å². The lowest BCUT2D eigenvalue weighted by Gasteiger charge is -2.37. The van der Waals surface area contributed by atoms with Crippen LogP contribution >= 0.6 is 0 Å². The van der Waals surface area contributed by atoms with Crippen LogP contribution in [0.3, 0.4) is 0 Å². The number of benzene rings is 2. The van der Waals surface area contributed by atoms with Crippen molar-refractivity contribution in [3.63, 3.8) is 0 Å². The van der Waals surface area contributed by atoms with Gasteiger partial charge in [0.25, 0.3) is 0 Å². The summed E-state index contributed by atoms with van der Waals surface area (Å²) in [6, 6.07) is 16.3. The molecule has 0 saturated heterocycles. The van der Waals surface area contributed by atoms with Crippen molar-refractivity contribution >= 4 is 0 Å². The fraction of sp³-hybridized carbons (Fsp3) is 0.400. The van der Waals surface area contributed by atoms with Gasteiger partial charge in [0.1, 0.15) is 17.6 Å². The fourth-order valence-electron chi connectivity index (χ4n) is 4.30. The van der Waals surface area contributed by atoms with Crippen LogP contribution in [0, 0.1) is 0 Å². The van der Waals surface area contributed by atoms with E-state index in [9.17, 15) is 5.11 Å². The first-order valence-corrected chi connectivity index (χ1v) is 8.36. The highest BCUT2D eigenvalue weighted by molar-refractivity contribution is 5.53. The molecule has 2 atom stereocenters. The minimum Gasteiger partial charge on any atom is -0.508 e. The molecule has 2 unspecified atom stereocenters. The van der Waals surface area contributed by atoms with Crippen molar-refractivity contribution in [1.29, 1.82) is 0 Å². The van der Waals surface area contributed by atoms with E-state index >= 15 is 0 Å². The SMILES string of the molecule is Oc1ccc(C23CCCCCCC2Oc2ccccc23)cc1. The molecule has 4 rings (SSSR count). The second kappa shape index (κ2) is 5.35. The highest BCUT2D eigenvalue weighted by Crippen LogP contribution is 2.52. The van der Waals surface area contributed by atoms with Crippen molar-refractivity contribution in [2.24, 2.45) is 0 Å². The van der Waals surface area contributed by atoms with Gasteiger partial charge in [0, 0.05) is 5.56 Å². The van der Waals surface area contributed by atoms with Gasteiger partial charge in [-0.1, -0.05) is 49.6 Å². The summed E-state index contributed by atoms with van der Waals surface area (Å²) >= 11 is 0. The Bertz CT molecular complexity index is 662. The van der Waals surface area contributed by atoms with Crippen molar-refractivity contribution in [3.8, 4) is 11.5 Å². The molecule has 1 aliphatic carbocycles. The Kier molecular flexibility index (Phi) is 3.33. The van der Waals surface area contributed by atoms with Gasteiger partial charge in [0.05, 0.1) is 5.41 Å². The van der Waals surface area contributed by atoms with Crippen molar-refractivity contribution in [3.05, 3.63) is 59.7 Å². The lowest BCUT2D eigenvalue weighted by Crippen LogP contribution is -2.40. The number of phenolic OH excluding ortho intramolecular Hbond substituents is 1. The largest absolute Gasteiger partial charge is 0.508 e. The maximum Gasteiger partial charge on any atom is 0.124 e. The molecule has 1 saturated carbocycles. The van der Waals surface area contributed by atoms with E-state index in [-0.39, 0.29) is 11.5 Å². The second-order valence-electron chi connectivity index (χ2n) is 6.57. The monoisotopic (exact) mass is 294 g/mol. The highest BCUT2D eigenvalue weighted by Gasteiger charge is 2.49. The van der Waals surface area contributed by atoms with Gasteiger partial charge in [-0.3, -0.25) is 0 Å². The third kappa shape index (κ3) is 2.01. The maximum absolute atomic E-state index is 9.66. The average Bonchev–Trinajstić information content (AvgIpc) is 2.82. The molecule has 1 N–H and O–H groups in total. The minimum absolute atomic E-state index is 0.0509. The molecule has 2 nitrogen and oxygen atoms in total. The molecule has 1 aliphatic heterocycles. The van der Waals surface area contributed by atoms with Gasteiger partial charge in [0.2, 0.25) is 0 Å². The number of rotatable bonds is 1. The molecule has 0 amide bonds. The molecule has 1 fully saturated rings. The maximum atomic E-state index is 9.66. The Morgan fingerprint density at radius 1 is 0.909 bits per heavy atom. The molecule has 2 aromatic carbocycles. The van der Waals surface area contributed by atoms with Gasteiger partial charge < -0.3 is 9.84 Å². The summed E-state index contributed by atoms with van der Waals surface area (Å²) in [5, 5.41) is 9.66. The topological polar surface area (TPSA) is 29.5 Å². The Labute approximate surface area is 131 Å². The van der Waals surface area contributed by atoms with E-state index < -0.39 is 0 Å². The predicted octanol–water partition coefficient (Wildman–Crippen LogP) is 4.79. The van der Waals surface area contributed by atoms with Crippen LogP contribution < -0.4 is 4.74 Å². The third-order valence-electron chi connectivity index (χ3n) is 5.36. The number of aromatic hydroxyl groups is 1. The molecule has 22 heavy (non-hydrogen) atoms. The number of para-hydroxylation sites is 1. The number of ether oxygens (including phenoxy) is 1. The number of hydrogen-bond donors (Lipinski definition) is 1. The molecule has 1 heterocycles. The quantitative estimate of drug-likeness (QED) is 0.819. The first-order valence-electron chi connectivity index (χ1n) is 8.36. The van der Waals surface area contributed by atoms with Crippen LogP contribution in [0.5, 0.6) is 11.5 Å². The molecule has 114 valence electrons. The van der Waals surface area contributed by atoms with Crippen LogP contribution in [0.25, 0.3) is 0 Å². The summed E-state index contributed by atoms with van der Waals surface area (Å²) in [5.74, 6) is 1.37. The molecular weight excluding hydrogens is 272 g/mol. The Balaban J connectivity index is 1.89. The van der Waals surface area contributed by atoms with E-state index in [1.807, 2.05) is 0 Å². The minimum atomic E-state index is -0.0509. The first kappa shape index (κ1) is 13.7. The summed E-state index contributed by atoms with van der Waals surface area (Å²) in [5.41, 5.74) is 2.56. The summed E-state index contributed by atoms with van der Waals surface area (Å²) in [4.78, 5) is 0. The van der Waals surface area contributed by atoms with E-state index in [4.69, 9.17) is 4.74 Å². The van der Waals surface area contributed by atoms with E-state index in [0.29, 0.717) is 5.75 Å². The van der Waals surface area contributed by atoms with Crippen LogP contribution in [0.2, 0.25) is 0 Å². The zero-order valence-electron chi connectivity index (χ0n) is 12.8. The molecule has 2 aromatic rings. The third-order valence-corrected chi connectivity index (χ3v) is 5.36. The van der Waals surface area contributed by atoms with Gasteiger partial charge in [-0.25, -0.2) is 0 Å². The molecular formula is C20H22O2. The van der Waals surface area contributed by atoms with Gasteiger partial charge in [-0.15, -0.1) is 0 Å². The first-order chi connectivity index (χ1) is 10.8. The van der Waals surface area contributed by atoms with Gasteiger partial charge in [-0.05, 0) is 43.0 Å². The molecule has 2 aliphatic rings. The standard InChI is InChI=1S/C20H22O2/c21-16-12-10-15(11-13-16)20-14-6-2-1-3-9-19(20)22-18-8-5-4-7-17(18)20/h4-5,7-8,10-13,19,21H,1-3,6,9,14H2. The number of fused-ring (bicyclic) bond motifs is 3. The van der Waals surface area contributed by atoms with Crippen molar-refractivity contribution < 1.29 is 9.84 Å². The second-order valence-corrected chi connectivity index (χ2v) is 6.57. The van der Waals surface area contributed by atoms with Crippen LogP contribution in [0.15, 0.2) is 48.5 Å². The number of hydrogen-bond acceptors (Lipinski definition) is 2. The Hall–Kier alpha value is -1.96. The van der Waals surface area contributed by atoms with Crippen LogP contribution in [0.4, 0.5) is 0 Å². The fourth-order valence-corrected chi connectivity index (χ4v) is 4.30. The Morgan fingerprint density at radius 3 is 2.55 bits per heavy atom. The van der Waals surface area contributed by atoms with E-state index in [2.05, 4.69) is 36.4 Å². The van der Waals surface area contributed by atoms with E-state index in [0.717, 1.165) is 18.6 Å². The van der Waals surface area contributed by atoms with Crippen molar-refractivity contribution in [2.45, 2.75) is 50.0 Å². The molecule has 0 spiro atoms. The smallest absolute Gasteiger partial charge is 0.124 e. The van der Waals surface area contributed by atoms with Gasteiger partial charge in [0.15, 0.2) is 0 Å². The predicted molar refractivity (Wildman–Crippen MR) is 87.4 cm³/mol. The zero-order valence-corrected chi connectivity index (χ0v) is 12.8. The van der Waals surface area contributed by atoms with E-state index in [1.54, 1.807) is 12.1 Å². The summed E-state index contributed by atoms with van der Waals surface area (Å²) in [7, 11) is 0. The normalized spacial score (nSPS) is 27.2. The summed E-state index contributed by atoms with van der Waals surface area (Å²) < 4.78 is 6.37. The lowest BCUT2D eigenvalue weighted by atomic mass is 9.66. The van der Waals surface area contributed by atoms with Crippen LogP contribution in [0.1, 0.15) is 49.7 Å². The summed E-state index contributed by atoms with van der Waals surface area (Å²) in [6.45, 7) is 0. The van der Waals surface area contributed by atoms with Crippen LogP contribution in [-0.4, -0.2) is 11.2 Å². The number of phenols is 1. The molecule has 2 heteroatoms. The average molecular weight is 294 g/mol. The molecule has 0 bridgehead atoms. The highest BCUT2D eigenvalue weighted by atomic mass is 16.5. The summed E-state index contributed by atoms with van der Waals surface area (Å²) in [6.07, 6.45) is 7.52. The van der Waals surface area contributed by atoms with Crippen molar-refractivity contribution in [2.75, 3.05) is 0 Å².